The third-order valence-electron chi connectivity index (χ3n) is 1.25. The average molecular weight is 135 g/mol. The molecule has 0 unspecified atom stereocenters. The summed E-state index contributed by atoms with van der Waals surface area (Å²) in [6, 6.07) is 6.29. The third-order valence-corrected chi connectivity index (χ3v) is 1.25. The summed E-state index contributed by atoms with van der Waals surface area (Å²) >= 11 is 0. The van der Waals surface area contributed by atoms with Crippen LogP contribution in [-0.2, 0) is 0 Å². The molecule has 0 aliphatic heterocycles. The molecule has 0 saturated carbocycles. The first-order chi connectivity index (χ1) is 4.72. The first-order valence-corrected chi connectivity index (χ1v) is 2.88. The van der Waals surface area contributed by atoms with Crippen LogP contribution in [0.25, 0.3) is 0 Å². The number of hydrogen-bond donors (Lipinski definition) is 1. The van der Waals surface area contributed by atoms with Crippen LogP contribution in [-0.4, -0.2) is 7.12 Å². The Labute approximate surface area is 59.3 Å². The minimum absolute atomic E-state index is 0.127. The standard InChI is InChI=1S/C6H6BNO2/c8-6-4-2-1-3-5(6)7(9)10/h1-4H,8H2/q-2. The maximum absolute atomic E-state index is 10.3. The predicted molar refractivity (Wildman–Crippen MR) is 36.2 cm³/mol. The van der Waals surface area contributed by atoms with E-state index >= 15 is 0 Å². The van der Waals surface area contributed by atoms with Gasteiger partial charge in [0.2, 0.25) is 0 Å². The summed E-state index contributed by atoms with van der Waals surface area (Å²) < 4.78 is 0. The molecule has 0 aliphatic carbocycles. The minimum atomic E-state index is -1.97. The third kappa shape index (κ3) is 1.29. The number of nitrogen functional groups attached to an aromatic ring is 1. The van der Waals surface area contributed by atoms with Crippen molar-refractivity contribution in [1.29, 1.82) is 0 Å². The summed E-state index contributed by atoms with van der Waals surface area (Å²) in [5.74, 6) is 0. The number of benzene rings is 1. The van der Waals surface area contributed by atoms with E-state index in [9.17, 15) is 10.0 Å². The van der Waals surface area contributed by atoms with E-state index < -0.39 is 7.12 Å². The second-order valence-corrected chi connectivity index (χ2v) is 1.96. The lowest BCUT2D eigenvalue weighted by atomic mass is 9.79. The lowest BCUT2D eigenvalue weighted by molar-refractivity contribution is -0.341. The molecule has 0 saturated heterocycles. The quantitative estimate of drug-likeness (QED) is 0.347. The van der Waals surface area contributed by atoms with Crippen molar-refractivity contribution in [1.82, 2.24) is 0 Å². The highest BCUT2D eigenvalue weighted by Crippen LogP contribution is 1.94. The first kappa shape index (κ1) is 7.12. The van der Waals surface area contributed by atoms with E-state index in [1.165, 1.54) is 12.1 Å². The molecular weight excluding hydrogens is 129 g/mol. The molecule has 4 heteroatoms. The Hall–Kier alpha value is -0.995. The number of para-hydroxylation sites is 1. The van der Waals surface area contributed by atoms with Crippen LogP contribution in [0.5, 0.6) is 0 Å². The summed E-state index contributed by atoms with van der Waals surface area (Å²) in [6.07, 6.45) is 0. The zero-order valence-electron chi connectivity index (χ0n) is 5.28. The van der Waals surface area contributed by atoms with Crippen molar-refractivity contribution >= 4 is 18.3 Å². The molecule has 10 heavy (non-hydrogen) atoms. The molecule has 0 atom stereocenters. The van der Waals surface area contributed by atoms with Crippen LogP contribution in [0.2, 0.25) is 0 Å². The molecule has 0 heterocycles. The molecule has 0 fully saturated rings. The van der Waals surface area contributed by atoms with Crippen molar-refractivity contribution < 1.29 is 10.0 Å². The fraction of sp³-hybridized carbons (Fsp3) is 0. The lowest BCUT2D eigenvalue weighted by Gasteiger charge is -2.28. The monoisotopic (exact) mass is 135 g/mol. The second-order valence-electron chi connectivity index (χ2n) is 1.96. The van der Waals surface area contributed by atoms with E-state index in [-0.39, 0.29) is 11.2 Å². The molecule has 0 radical (unpaired) electrons. The van der Waals surface area contributed by atoms with Crippen LogP contribution in [0.3, 0.4) is 0 Å². The van der Waals surface area contributed by atoms with E-state index in [1.807, 2.05) is 0 Å². The van der Waals surface area contributed by atoms with Crippen LogP contribution in [0.15, 0.2) is 24.3 Å². The molecular formula is C6H6BNO2-2. The van der Waals surface area contributed by atoms with Gasteiger partial charge >= 0.3 is 0 Å². The van der Waals surface area contributed by atoms with E-state index in [0.29, 0.717) is 0 Å². The zero-order chi connectivity index (χ0) is 7.56. The Morgan fingerprint density at radius 3 is 2.20 bits per heavy atom. The predicted octanol–water partition coefficient (Wildman–Crippen LogP) is -2.32. The molecule has 2 N–H and O–H groups in total. The van der Waals surface area contributed by atoms with Crippen molar-refractivity contribution in [3.05, 3.63) is 24.3 Å². The highest BCUT2D eigenvalue weighted by Gasteiger charge is 1.90. The van der Waals surface area contributed by atoms with E-state index in [2.05, 4.69) is 0 Å². The summed E-state index contributed by atoms with van der Waals surface area (Å²) in [5, 5.41) is 20.6. The topological polar surface area (TPSA) is 72.1 Å². The molecule has 52 valence electrons. The van der Waals surface area contributed by atoms with E-state index in [0.717, 1.165) is 0 Å². The van der Waals surface area contributed by atoms with Crippen molar-refractivity contribution in [3.63, 3.8) is 0 Å². The highest BCUT2D eigenvalue weighted by molar-refractivity contribution is 6.57. The number of nitrogens with two attached hydrogens (primary N) is 1. The molecule has 0 aromatic heterocycles. The zero-order valence-corrected chi connectivity index (χ0v) is 5.28. The van der Waals surface area contributed by atoms with Gasteiger partial charge in [-0.2, -0.15) is 0 Å². The van der Waals surface area contributed by atoms with Gasteiger partial charge in [-0.15, -0.1) is 5.46 Å². The van der Waals surface area contributed by atoms with Crippen molar-refractivity contribution in [2.75, 3.05) is 5.73 Å². The molecule has 3 nitrogen and oxygen atoms in total. The van der Waals surface area contributed by atoms with Crippen LogP contribution in [0.4, 0.5) is 5.69 Å². The van der Waals surface area contributed by atoms with Crippen LogP contribution < -0.4 is 21.2 Å². The molecule has 0 aliphatic rings. The highest BCUT2D eigenvalue weighted by atomic mass is 16.4. The SMILES string of the molecule is Nc1ccccc1B([O-])[O-]. The number of anilines is 1. The normalized spacial score (nSPS) is 9.40. The fourth-order valence-corrected chi connectivity index (χ4v) is 0.726. The Morgan fingerprint density at radius 1 is 1.20 bits per heavy atom. The van der Waals surface area contributed by atoms with Gasteiger partial charge in [0.15, 0.2) is 0 Å². The number of rotatable bonds is 1. The fourth-order valence-electron chi connectivity index (χ4n) is 0.726. The van der Waals surface area contributed by atoms with Gasteiger partial charge in [-0.3, -0.25) is 0 Å². The van der Waals surface area contributed by atoms with Gasteiger partial charge in [-0.05, 0) is 6.07 Å². The van der Waals surface area contributed by atoms with Crippen molar-refractivity contribution in [3.8, 4) is 0 Å². The molecule has 0 spiro atoms. The van der Waals surface area contributed by atoms with E-state index in [4.69, 9.17) is 5.73 Å². The van der Waals surface area contributed by atoms with Gasteiger partial charge in [0.1, 0.15) is 0 Å². The Bertz CT molecular complexity index is 227. The van der Waals surface area contributed by atoms with Crippen molar-refractivity contribution in [2.24, 2.45) is 0 Å². The Balaban J connectivity index is 3.03. The molecule has 0 amide bonds. The maximum Gasteiger partial charge on any atom is 0.0221 e. The summed E-state index contributed by atoms with van der Waals surface area (Å²) in [4.78, 5) is 0. The van der Waals surface area contributed by atoms with Gasteiger partial charge in [0.25, 0.3) is 0 Å². The lowest BCUT2D eigenvalue weighted by Crippen LogP contribution is -2.55. The average Bonchev–Trinajstić information content (AvgIpc) is 1.88. The smallest absolute Gasteiger partial charge is 0.0221 e. The minimum Gasteiger partial charge on any atom is -0.889 e. The first-order valence-electron chi connectivity index (χ1n) is 2.88. The van der Waals surface area contributed by atoms with Crippen LogP contribution in [0, 0.1) is 0 Å². The Morgan fingerprint density at radius 2 is 1.80 bits per heavy atom. The van der Waals surface area contributed by atoms with Crippen molar-refractivity contribution in [2.45, 2.75) is 0 Å². The molecule has 0 bridgehead atoms. The Kier molecular flexibility index (Phi) is 1.94. The van der Waals surface area contributed by atoms with Crippen LogP contribution in [0.1, 0.15) is 0 Å². The molecule has 1 aromatic rings. The van der Waals surface area contributed by atoms with Gasteiger partial charge in [0.05, 0.1) is 0 Å². The molecule has 1 rings (SSSR count). The number of hydrogen-bond acceptors (Lipinski definition) is 3. The van der Waals surface area contributed by atoms with Crippen LogP contribution >= 0.6 is 0 Å². The second kappa shape index (κ2) is 2.73. The summed E-state index contributed by atoms with van der Waals surface area (Å²) in [7, 11) is -1.97. The maximum atomic E-state index is 10.3. The summed E-state index contributed by atoms with van der Waals surface area (Å²) in [6.45, 7) is 0. The summed E-state index contributed by atoms with van der Waals surface area (Å²) in [5.41, 5.74) is 5.72. The largest absolute Gasteiger partial charge is 0.889 e. The van der Waals surface area contributed by atoms with Gasteiger partial charge in [0, 0.05) is 5.69 Å². The molecule has 1 aromatic carbocycles. The van der Waals surface area contributed by atoms with Gasteiger partial charge in [-0.1, -0.05) is 25.3 Å². The van der Waals surface area contributed by atoms with E-state index in [1.54, 1.807) is 12.1 Å². The van der Waals surface area contributed by atoms with Gasteiger partial charge < -0.3 is 15.8 Å². The van der Waals surface area contributed by atoms with Gasteiger partial charge in [-0.25, -0.2) is 0 Å².